The lowest BCUT2D eigenvalue weighted by atomic mass is 10.2. The van der Waals surface area contributed by atoms with Gasteiger partial charge in [0.1, 0.15) is 10.7 Å². The normalized spacial score (nSPS) is 13.3. The summed E-state index contributed by atoms with van der Waals surface area (Å²) in [6, 6.07) is 15.6. The second-order valence-electron chi connectivity index (χ2n) is 8.02. The van der Waals surface area contributed by atoms with Crippen LogP contribution in [0.25, 0.3) is 16.0 Å². The van der Waals surface area contributed by atoms with Gasteiger partial charge in [-0.05, 0) is 54.7 Å². The molecule has 9 heteroatoms. The first kappa shape index (κ1) is 21.2. The topological polar surface area (TPSA) is 52.2 Å². The standard InChI is InChI=1S/C24H18Cl2N4OS2/c25-15-10-9-14(18(26)11-15)12-29-22(31)21-17-7-4-8-19(17)33-23(21)30-20(27-28-24(29)30)13-32-16-5-2-1-3-6-16/h1-3,5-6,9-11H,4,7-8,12-13H2. The van der Waals surface area contributed by atoms with Crippen LogP contribution in [0.4, 0.5) is 0 Å². The highest BCUT2D eigenvalue weighted by atomic mass is 35.5. The molecule has 0 bridgehead atoms. The number of aryl methyl sites for hydroxylation is 2. The molecule has 0 radical (unpaired) electrons. The van der Waals surface area contributed by atoms with E-state index in [2.05, 4.69) is 26.7 Å². The summed E-state index contributed by atoms with van der Waals surface area (Å²) in [4.78, 5) is 17.2. The quantitative estimate of drug-likeness (QED) is 0.261. The van der Waals surface area contributed by atoms with Gasteiger partial charge in [0.15, 0.2) is 0 Å². The molecule has 0 saturated heterocycles. The van der Waals surface area contributed by atoms with Crippen LogP contribution in [-0.2, 0) is 25.1 Å². The summed E-state index contributed by atoms with van der Waals surface area (Å²) in [7, 11) is 0. The Balaban J connectivity index is 1.54. The van der Waals surface area contributed by atoms with Crippen molar-refractivity contribution in [3.63, 3.8) is 0 Å². The van der Waals surface area contributed by atoms with Gasteiger partial charge in [0.25, 0.3) is 5.56 Å². The second-order valence-corrected chi connectivity index (χ2v) is 11.0. The Labute approximate surface area is 208 Å². The Hall–Kier alpha value is -2.32. The van der Waals surface area contributed by atoms with Gasteiger partial charge < -0.3 is 0 Å². The maximum absolute atomic E-state index is 13.7. The molecule has 5 aromatic rings. The Kier molecular flexibility index (Phi) is 5.45. The van der Waals surface area contributed by atoms with Crippen LogP contribution in [0.5, 0.6) is 0 Å². The van der Waals surface area contributed by atoms with Crippen LogP contribution >= 0.6 is 46.3 Å². The van der Waals surface area contributed by atoms with E-state index in [1.165, 1.54) is 15.3 Å². The summed E-state index contributed by atoms with van der Waals surface area (Å²) in [6.45, 7) is 0.308. The van der Waals surface area contributed by atoms with Crippen molar-refractivity contribution in [3.8, 4) is 0 Å². The molecule has 33 heavy (non-hydrogen) atoms. The third-order valence-corrected chi connectivity index (χ3v) is 8.85. The molecule has 0 unspecified atom stereocenters. The van der Waals surface area contributed by atoms with E-state index in [1.807, 2.05) is 24.3 Å². The van der Waals surface area contributed by atoms with Gasteiger partial charge in [-0.1, -0.05) is 47.5 Å². The monoisotopic (exact) mass is 512 g/mol. The highest BCUT2D eigenvalue weighted by Gasteiger charge is 2.26. The number of halogens is 2. The zero-order chi connectivity index (χ0) is 22.5. The first-order valence-electron chi connectivity index (χ1n) is 10.6. The maximum Gasteiger partial charge on any atom is 0.264 e. The number of hydrogen-bond donors (Lipinski definition) is 0. The average Bonchev–Trinajstić information content (AvgIpc) is 3.51. The van der Waals surface area contributed by atoms with Crippen LogP contribution in [0.1, 0.15) is 28.2 Å². The third kappa shape index (κ3) is 3.67. The number of fused-ring (bicyclic) bond motifs is 5. The van der Waals surface area contributed by atoms with Crippen LogP contribution in [0.15, 0.2) is 58.2 Å². The van der Waals surface area contributed by atoms with Gasteiger partial charge in [0.05, 0.1) is 17.7 Å². The molecule has 0 spiro atoms. The molecule has 0 N–H and O–H groups in total. The van der Waals surface area contributed by atoms with E-state index < -0.39 is 0 Å². The van der Waals surface area contributed by atoms with Crippen molar-refractivity contribution >= 4 is 62.3 Å². The average molecular weight is 513 g/mol. The van der Waals surface area contributed by atoms with E-state index in [4.69, 9.17) is 23.2 Å². The van der Waals surface area contributed by atoms with E-state index in [1.54, 1.807) is 39.8 Å². The van der Waals surface area contributed by atoms with Gasteiger partial charge in [-0.3, -0.25) is 13.8 Å². The lowest BCUT2D eigenvalue weighted by Gasteiger charge is -2.11. The molecule has 3 aromatic heterocycles. The van der Waals surface area contributed by atoms with Gasteiger partial charge in [0.2, 0.25) is 5.78 Å². The Morgan fingerprint density at radius 1 is 1.06 bits per heavy atom. The van der Waals surface area contributed by atoms with Crippen molar-refractivity contribution in [2.24, 2.45) is 0 Å². The summed E-state index contributed by atoms with van der Waals surface area (Å²) in [6.07, 6.45) is 3.05. The van der Waals surface area contributed by atoms with Crippen molar-refractivity contribution in [2.75, 3.05) is 0 Å². The van der Waals surface area contributed by atoms with Crippen LogP contribution in [0.3, 0.4) is 0 Å². The lowest BCUT2D eigenvalue weighted by Crippen LogP contribution is -2.24. The molecular formula is C24H18Cl2N4OS2. The van der Waals surface area contributed by atoms with Crippen molar-refractivity contribution in [2.45, 2.75) is 36.5 Å². The summed E-state index contributed by atoms with van der Waals surface area (Å²) in [5.41, 5.74) is 1.98. The van der Waals surface area contributed by atoms with E-state index in [0.29, 0.717) is 28.1 Å². The molecule has 0 aliphatic heterocycles. The second kappa shape index (κ2) is 8.47. The van der Waals surface area contributed by atoms with Crippen LogP contribution in [-0.4, -0.2) is 19.2 Å². The molecule has 6 rings (SSSR count). The maximum atomic E-state index is 13.7. The predicted molar refractivity (Wildman–Crippen MR) is 136 cm³/mol. The highest BCUT2D eigenvalue weighted by molar-refractivity contribution is 7.98. The third-order valence-electron chi connectivity index (χ3n) is 5.97. The molecule has 2 aromatic carbocycles. The molecule has 1 aliphatic carbocycles. The zero-order valence-electron chi connectivity index (χ0n) is 17.4. The largest absolute Gasteiger partial charge is 0.272 e. The SMILES string of the molecule is O=c1c2c3c(sc2n2c(CSc4ccccc4)nnc2n1Cc1ccc(Cl)cc1Cl)CCC3. The number of thiophene rings is 1. The fourth-order valence-corrected chi connectivity index (χ4v) is 7.10. The molecule has 0 saturated carbocycles. The minimum Gasteiger partial charge on any atom is -0.272 e. The van der Waals surface area contributed by atoms with E-state index in [0.717, 1.165) is 40.9 Å². The van der Waals surface area contributed by atoms with Crippen molar-refractivity contribution in [3.05, 3.63) is 90.8 Å². The van der Waals surface area contributed by atoms with Crippen LogP contribution in [0.2, 0.25) is 10.0 Å². The molecular weight excluding hydrogens is 495 g/mol. The molecule has 0 atom stereocenters. The molecule has 166 valence electrons. The minimum absolute atomic E-state index is 0.0300. The number of thioether (sulfide) groups is 1. The van der Waals surface area contributed by atoms with Crippen molar-refractivity contribution < 1.29 is 0 Å². The van der Waals surface area contributed by atoms with Crippen LogP contribution in [0, 0.1) is 0 Å². The summed E-state index contributed by atoms with van der Waals surface area (Å²) >= 11 is 16.0. The molecule has 3 heterocycles. The Bertz CT molecular complexity index is 1570. The minimum atomic E-state index is -0.0300. The molecule has 1 aliphatic rings. The van der Waals surface area contributed by atoms with Crippen molar-refractivity contribution in [1.82, 2.24) is 19.2 Å². The smallest absolute Gasteiger partial charge is 0.264 e. The van der Waals surface area contributed by atoms with Gasteiger partial charge in [-0.25, -0.2) is 0 Å². The van der Waals surface area contributed by atoms with Gasteiger partial charge >= 0.3 is 0 Å². The van der Waals surface area contributed by atoms with Crippen molar-refractivity contribution in [1.29, 1.82) is 0 Å². The number of nitrogens with zero attached hydrogens (tertiary/aromatic N) is 4. The number of benzene rings is 2. The zero-order valence-corrected chi connectivity index (χ0v) is 20.6. The Morgan fingerprint density at radius 3 is 2.73 bits per heavy atom. The van der Waals surface area contributed by atoms with Gasteiger partial charge in [-0.2, -0.15) is 0 Å². The lowest BCUT2D eigenvalue weighted by molar-refractivity contribution is 0.766. The van der Waals surface area contributed by atoms with E-state index in [-0.39, 0.29) is 5.56 Å². The fourth-order valence-electron chi connectivity index (χ4n) is 4.40. The van der Waals surface area contributed by atoms with Gasteiger partial charge in [-0.15, -0.1) is 33.3 Å². The fraction of sp³-hybridized carbons (Fsp3) is 0.208. The highest BCUT2D eigenvalue weighted by Crippen LogP contribution is 2.37. The summed E-state index contributed by atoms with van der Waals surface area (Å²) in [5, 5.41) is 10.9. The van der Waals surface area contributed by atoms with Crippen LogP contribution < -0.4 is 5.56 Å². The number of aromatic nitrogens is 4. The number of hydrogen-bond acceptors (Lipinski definition) is 5. The Morgan fingerprint density at radius 2 is 1.91 bits per heavy atom. The first-order valence-corrected chi connectivity index (χ1v) is 13.2. The summed E-state index contributed by atoms with van der Waals surface area (Å²) in [5.74, 6) is 2.03. The molecule has 0 fully saturated rings. The predicted octanol–water partition coefficient (Wildman–Crippen LogP) is 6.24. The van der Waals surface area contributed by atoms with Gasteiger partial charge in [0, 0.05) is 19.8 Å². The molecule has 5 nitrogen and oxygen atoms in total. The first-order chi connectivity index (χ1) is 16.1. The molecule has 0 amide bonds. The van der Waals surface area contributed by atoms with E-state index >= 15 is 0 Å². The number of rotatable bonds is 5. The summed E-state index contributed by atoms with van der Waals surface area (Å²) < 4.78 is 3.77. The van der Waals surface area contributed by atoms with E-state index in [9.17, 15) is 4.79 Å².